The number of nitrogens with zero attached hydrogens (tertiary/aromatic N) is 4. The molecule has 2 aliphatic heterocycles. The van der Waals surface area contributed by atoms with E-state index < -0.39 is 23.9 Å². The summed E-state index contributed by atoms with van der Waals surface area (Å²) in [5.74, 6) is 1.000. The van der Waals surface area contributed by atoms with Crippen LogP contribution in [0.2, 0.25) is 0 Å². The average Bonchev–Trinajstić information content (AvgIpc) is 3.16. The van der Waals surface area contributed by atoms with Crippen LogP contribution in [-0.2, 0) is 14.0 Å². The van der Waals surface area contributed by atoms with E-state index in [2.05, 4.69) is 9.97 Å². The molecule has 3 heterocycles. The van der Waals surface area contributed by atoms with Crippen molar-refractivity contribution in [2.75, 3.05) is 31.6 Å². The largest absolute Gasteiger partial charge is 0.498 e. The van der Waals surface area contributed by atoms with E-state index >= 15 is 0 Å². The first-order chi connectivity index (χ1) is 13.8. The summed E-state index contributed by atoms with van der Waals surface area (Å²) in [6.45, 7) is 15.9. The minimum absolute atomic E-state index is 0.240. The number of amides is 1. The monoisotopic (exact) mass is 418 g/mol. The number of aromatic nitrogens is 2. The zero-order chi connectivity index (χ0) is 22.3. The zero-order valence-corrected chi connectivity index (χ0v) is 19.6. The van der Waals surface area contributed by atoms with Gasteiger partial charge in [-0.25, -0.2) is 14.8 Å². The third-order valence-corrected chi connectivity index (χ3v) is 5.99. The van der Waals surface area contributed by atoms with Crippen LogP contribution < -0.4 is 10.4 Å². The molecule has 1 amide bonds. The number of carbonyl (C=O) groups is 1. The summed E-state index contributed by atoms with van der Waals surface area (Å²) in [6, 6.07) is 0. The van der Waals surface area contributed by atoms with Crippen LogP contribution in [-0.4, -0.2) is 71.6 Å². The van der Waals surface area contributed by atoms with Gasteiger partial charge in [-0.15, -0.1) is 0 Å². The van der Waals surface area contributed by atoms with Crippen molar-refractivity contribution in [2.45, 2.75) is 71.7 Å². The Morgan fingerprint density at radius 2 is 1.80 bits per heavy atom. The maximum atomic E-state index is 12.3. The van der Waals surface area contributed by atoms with Gasteiger partial charge in [0.25, 0.3) is 0 Å². The molecule has 0 radical (unpaired) electrons. The molecule has 30 heavy (non-hydrogen) atoms. The maximum absolute atomic E-state index is 12.3. The molecular formula is C21H35BN4O4. The zero-order valence-electron chi connectivity index (χ0n) is 19.6. The molecule has 2 saturated heterocycles. The molecule has 0 aromatic carbocycles. The maximum Gasteiger partial charge on any atom is 0.498 e. The number of rotatable bonds is 4. The molecule has 0 N–H and O–H groups in total. The summed E-state index contributed by atoms with van der Waals surface area (Å²) in [5, 5.41) is 0. The topological polar surface area (TPSA) is 77.0 Å². The van der Waals surface area contributed by atoms with Gasteiger partial charge in [0.05, 0.1) is 11.2 Å². The molecule has 1 atom stereocenters. The molecule has 3 rings (SSSR count). The minimum atomic E-state index is -0.473. The van der Waals surface area contributed by atoms with Crippen LogP contribution in [0.15, 0.2) is 12.4 Å². The van der Waals surface area contributed by atoms with Crippen molar-refractivity contribution >= 4 is 24.6 Å². The summed E-state index contributed by atoms with van der Waals surface area (Å²) in [5.41, 5.74) is -0.452. The van der Waals surface area contributed by atoms with Crippen LogP contribution in [0.4, 0.5) is 10.7 Å². The molecule has 8 nitrogen and oxygen atoms in total. The van der Waals surface area contributed by atoms with Crippen molar-refractivity contribution < 1.29 is 18.8 Å². The molecule has 0 unspecified atom stereocenters. The lowest BCUT2D eigenvalue weighted by molar-refractivity contribution is 0.00578. The highest BCUT2D eigenvalue weighted by molar-refractivity contribution is 6.61. The number of carbonyl (C=O) groups excluding carboxylic acids is 1. The second kappa shape index (κ2) is 8.00. The van der Waals surface area contributed by atoms with Crippen LogP contribution in [0, 0.1) is 5.92 Å². The number of hydrogen-bond donors (Lipinski definition) is 0. The van der Waals surface area contributed by atoms with E-state index in [0.717, 1.165) is 25.0 Å². The van der Waals surface area contributed by atoms with E-state index in [9.17, 15) is 4.79 Å². The summed E-state index contributed by atoms with van der Waals surface area (Å²) in [7, 11) is 1.51. The van der Waals surface area contributed by atoms with E-state index in [1.54, 1.807) is 17.3 Å². The Kier molecular flexibility index (Phi) is 6.08. The minimum Gasteiger partial charge on any atom is -0.444 e. The highest BCUT2D eigenvalue weighted by Crippen LogP contribution is 2.36. The molecule has 0 aliphatic carbocycles. The van der Waals surface area contributed by atoms with Crippen molar-refractivity contribution in [1.82, 2.24) is 14.9 Å². The van der Waals surface area contributed by atoms with Crippen LogP contribution in [0.25, 0.3) is 0 Å². The number of hydrogen-bond acceptors (Lipinski definition) is 7. The molecule has 1 aromatic heterocycles. The van der Waals surface area contributed by atoms with Gasteiger partial charge < -0.3 is 23.8 Å². The first-order valence-corrected chi connectivity index (χ1v) is 10.6. The van der Waals surface area contributed by atoms with E-state index in [1.165, 1.54) is 0 Å². The molecule has 1 aromatic rings. The second-order valence-corrected chi connectivity index (χ2v) is 10.4. The average molecular weight is 418 g/mol. The standard InChI is InChI=1S/C21H35BN4O4/c1-19(2,3)28-18(27)26-10-9-15(14-26)13-25(8)17-23-11-16(12-24-17)22-29-20(4,5)21(6,7)30-22/h11-12,15H,9-10,13-14H2,1-8H3/t15-/m0/s1. The smallest absolute Gasteiger partial charge is 0.444 e. The Hall–Kier alpha value is -1.87. The number of likely N-dealkylation sites (tertiary alicyclic amines) is 1. The Morgan fingerprint density at radius 1 is 1.23 bits per heavy atom. The summed E-state index contributed by atoms with van der Waals surface area (Å²) >= 11 is 0. The highest BCUT2D eigenvalue weighted by atomic mass is 16.7. The van der Waals surface area contributed by atoms with Gasteiger partial charge in [-0.3, -0.25) is 0 Å². The number of ether oxygens (including phenoxy) is 1. The van der Waals surface area contributed by atoms with Crippen molar-refractivity contribution in [1.29, 1.82) is 0 Å². The van der Waals surface area contributed by atoms with Gasteiger partial charge >= 0.3 is 13.2 Å². The molecule has 166 valence electrons. The summed E-state index contributed by atoms with van der Waals surface area (Å²) in [4.78, 5) is 25.1. The quantitative estimate of drug-likeness (QED) is 0.696. The predicted molar refractivity (Wildman–Crippen MR) is 117 cm³/mol. The first kappa shape index (κ1) is 22.8. The van der Waals surface area contributed by atoms with Crippen molar-refractivity contribution in [3.8, 4) is 0 Å². The van der Waals surface area contributed by atoms with Crippen LogP contribution in [0.3, 0.4) is 0 Å². The fraction of sp³-hybridized carbons (Fsp3) is 0.762. The fourth-order valence-corrected chi connectivity index (χ4v) is 3.57. The lowest BCUT2D eigenvalue weighted by Gasteiger charge is -2.32. The Labute approximate surface area is 180 Å². The molecule has 2 aliphatic rings. The molecule has 9 heteroatoms. The lowest BCUT2D eigenvalue weighted by atomic mass is 9.81. The summed E-state index contributed by atoms with van der Waals surface area (Å²) < 4.78 is 17.6. The van der Waals surface area contributed by atoms with Gasteiger partial charge in [0.1, 0.15) is 5.60 Å². The second-order valence-electron chi connectivity index (χ2n) is 10.4. The highest BCUT2D eigenvalue weighted by Gasteiger charge is 2.52. The SMILES string of the molecule is CN(C[C@@H]1CCN(C(=O)OC(C)(C)C)C1)c1ncc(B2OC(C)(C)C(C)(C)O2)cn1. The molecule has 2 fully saturated rings. The Balaban J connectivity index is 1.55. The van der Waals surface area contributed by atoms with E-state index in [1.807, 2.05) is 60.4 Å². The fourth-order valence-electron chi connectivity index (χ4n) is 3.57. The van der Waals surface area contributed by atoms with Gasteiger partial charge in [-0.2, -0.15) is 0 Å². The van der Waals surface area contributed by atoms with Gasteiger partial charge in [0, 0.05) is 44.5 Å². The van der Waals surface area contributed by atoms with E-state index in [0.29, 0.717) is 18.4 Å². The molecular weight excluding hydrogens is 383 g/mol. The van der Waals surface area contributed by atoms with Crippen molar-refractivity contribution in [3.05, 3.63) is 12.4 Å². The third kappa shape index (κ3) is 5.06. The molecule has 0 saturated carbocycles. The predicted octanol–water partition coefficient (Wildman–Crippen LogP) is 2.47. The summed E-state index contributed by atoms with van der Waals surface area (Å²) in [6.07, 6.45) is 4.23. The van der Waals surface area contributed by atoms with Crippen molar-refractivity contribution in [3.63, 3.8) is 0 Å². The van der Waals surface area contributed by atoms with Gasteiger partial charge in [-0.1, -0.05) is 0 Å². The third-order valence-electron chi connectivity index (χ3n) is 5.99. The van der Waals surface area contributed by atoms with Crippen LogP contribution in [0.1, 0.15) is 54.9 Å². The Morgan fingerprint density at radius 3 is 2.33 bits per heavy atom. The Bertz CT molecular complexity index is 747. The lowest BCUT2D eigenvalue weighted by Crippen LogP contribution is -2.41. The normalized spacial score (nSPS) is 23.0. The van der Waals surface area contributed by atoms with E-state index in [4.69, 9.17) is 14.0 Å². The van der Waals surface area contributed by atoms with Crippen LogP contribution >= 0.6 is 0 Å². The molecule has 0 spiro atoms. The van der Waals surface area contributed by atoms with Gasteiger partial charge in [-0.05, 0) is 60.8 Å². The van der Waals surface area contributed by atoms with Gasteiger partial charge in [0.15, 0.2) is 0 Å². The van der Waals surface area contributed by atoms with Crippen molar-refractivity contribution in [2.24, 2.45) is 5.92 Å². The number of anilines is 1. The van der Waals surface area contributed by atoms with Gasteiger partial charge in [0.2, 0.25) is 5.95 Å². The molecule has 0 bridgehead atoms. The first-order valence-electron chi connectivity index (χ1n) is 10.6. The van der Waals surface area contributed by atoms with Crippen LogP contribution in [0.5, 0.6) is 0 Å². The van der Waals surface area contributed by atoms with E-state index in [-0.39, 0.29) is 6.09 Å².